The number of aromatic amines is 2. The van der Waals surface area contributed by atoms with Gasteiger partial charge in [-0.25, -0.2) is 9.97 Å². The molecule has 3 aliphatic rings. The van der Waals surface area contributed by atoms with Gasteiger partial charge in [0.25, 0.3) is 0 Å². The Kier molecular flexibility index (Phi) is 4.61. The van der Waals surface area contributed by atoms with Crippen LogP contribution >= 0.6 is 0 Å². The normalized spacial score (nSPS) is 27.5. The summed E-state index contributed by atoms with van der Waals surface area (Å²) in [6, 6.07) is 14.9. The van der Waals surface area contributed by atoms with Crippen molar-refractivity contribution in [3.8, 4) is 23.1 Å². The first-order chi connectivity index (χ1) is 16.7. The highest BCUT2D eigenvalue weighted by Crippen LogP contribution is 2.45. The predicted molar refractivity (Wildman–Crippen MR) is 133 cm³/mol. The highest BCUT2D eigenvalue weighted by molar-refractivity contribution is 5.88. The lowest BCUT2D eigenvalue weighted by molar-refractivity contribution is 0.543. The van der Waals surface area contributed by atoms with Crippen molar-refractivity contribution in [3.63, 3.8) is 0 Å². The number of nitrogens with one attached hydrogen (secondary N) is 4. The molecule has 2 aromatic carbocycles. The van der Waals surface area contributed by atoms with Crippen LogP contribution in [-0.4, -0.2) is 32.0 Å². The molecule has 1 aliphatic carbocycles. The molecule has 2 aromatic heterocycles. The summed E-state index contributed by atoms with van der Waals surface area (Å²) in [7, 11) is 0. The zero-order chi connectivity index (χ0) is 22.6. The molecule has 0 amide bonds. The SMILES string of the molecule is C[C@H]1CC[C@@H](c2ncc(-c3ccc4cc(C#Cc5cnc([C@@H]6C[C@H]7CC7N6)[nH]5)ccc4c3)[nH]2)N1. The minimum atomic E-state index is 0.330. The smallest absolute Gasteiger partial charge is 0.124 e. The molecule has 4 heterocycles. The first-order valence-electron chi connectivity index (χ1n) is 12.4. The standard InChI is InChI=1S/C28H28N6/c1-16-2-9-23(31-16)27-30-15-26(34-27)20-7-6-18-10-17(3-5-19(18)11-20)4-8-22-14-29-28(32-22)25-13-21-12-24(21)33-25/h3,5-7,10-11,14-16,21,23-25,31,33H,2,9,12-13H2,1H3,(H,29,32)(H,30,34)/t16-,21+,23-,24?,25-/m0/s1. The Labute approximate surface area is 199 Å². The second kappa shape index (κ2) is 7.83. The number of piperidine rings is 1. The summed E-state index contributed by atoms with van der Waals surface area (Å²) in [4.78, 5) is 16.1. The maximum absolute atomic E-state index is 4.64. The quantitative estimate of drug-likeness (QED) is 0.346. The van der Waals surface area contributed by atoms with Crippen molar-refractivity contribution >= 4 is 10.8 Å². The van der Waals surface area contributed by atoms with Crippen molar-refractivity contribution < 1.29 is 0 Å². The van der Waals surface area contributed by atoms with Gasteiger partial charge in [-0.05, 0) is 73.4 Å². The minimum absolute atomic E-state index is 0.330. The second-order valence-corrected chi connectivity index (χ2v) is 10.1. The number of hydrogen-bond acceptors (Lipinski definition) is 4. The van der Waals surface area contributed by atoms with Gasteiger partial charge in [-0.2, -0.15) is 0 Å². The fourth-order valence-corrected chi connectivity index (χ4v) is 5.54. The van der Waals surface area contributed by atoms with E-state index in [1.54, 1.807) is 0 Å². The maximum atomic E-state index is 4.64. The van der Waals surface area contributed by atoms with Crippen molar-refractivity contribution in [1.29, 1.82) is 0 Å². The summed E-state index contributed by atoms with van der Waals surface area (Å²) in [5, 5.41) is 9.61. The molecule has 0 bridgehead atoms. The van der Waals surface area contributed by atoms with Gasteiger partial charge in [0.15, 0.2) is 0 Å². The first-order valence-corrected chi connectivity index (χ1v) is 12.4. The molecule has 0 spiro atoms. The molecule has 4 N–H and O–H groups in total. The number of benzene rings is 2. The van der Waals surface area contributed by atoms with E-state index in [9.17, 15) is 0 Å². The number of nitrogens with zero attached hydrogens (tertiary/aromatic N) is 2. The summed E-state index contributed by atoms with van der Waals surface area (Å²) in [5.74, 6) is 9.44. The fourth-order valence-electron chi connectivity index (χ4n) is 5.54. The van der Waals surface area contributed by atoms with E-state index >= 15 is 0 Å². The van der Waals surface area contributed by atoms with E-state index < -0.39 is 0 Å². The Balaban J connectivity index is 1.08. The van der Waals surface area contributed by atoms with Gasteiger partial charge in [0.1, 0.15) is 17.3 Å². The summed E-state index contributed by atoms with van der Waals surface area (Å²) in [5.41, 5.74) is 4.08. The lowest BCUT2D eigenvalue weighted by Gasteiger charge is -2.08. The number of fused-ring (bicyclic) bond motifs is 2. The van der Waals surface area contributed by atoms with Crippen LogP contribution in [0.25, 0.3) is 22.0 Å². The summed E-state index contributed by atoms with van der Waals surface area (Å²) >= 11 is 0. The van der Waals surface area contributed by atoms with Crippen LogP contribution in [0, 0.1) is 17.8 Å². The molecule has 1 unspecified atom stereocenters. The van der Waals surface area contributed by atoms with Crippen molar-refractivity contribution in [2.75, 3.05) is 0 Å². The number of H-pyrrole nitrogens is 2. The van der Waals surface area contributed by atoms with Crippen molar-refractivity contribution in [1.82, 2.24) is 30.6 Å². The van der Waals surface area contributed by atoms with Crippen LogP contribution in [0.2, 0.25) is 0 Å². The third kappa shape index (κ3) is 3.71. The lowest BCUT2D eigenvalue weighted by atomic mass is 10.0. The number of aromatic nitrogens is 4. The zero-order valence-corrected chi connectivity index (χ0v) is 19.2. The van der Waals surface area contributed by atoms with Crippen molar-refractivity contribution in [2.24, 2.45) is 5.92 Å². The van der Waals surface area contributed by atoms with Gasteiger partial charge in [-0.15, -0.1) is 0 Å². The molecule has 6 heteroatoms. The maximum Gasteiger partial charge on any atom is 0.124 e. The van der Waals surface area contributed by atoms with E-state index in [0.29, 0.717) is 24.2 Å². The monoisotopic (exact) mass is 448 g/mol. The zero-order valence-electron chi connectivity index (χ0n) is 19.2. The fraction of sp³-hybridized carbons (Fsp3) is 0.357. The van der Waals surface area contributed by atoms with Gasteiger partial charge >= 0.3 is 0 Å². The second-order valence-electron chi connectivity index (χ2n) is 10.1. The van der Waals surface area contributed by atoms with E-state index in [2.05, 4.69) is 85.7 Å². The van der Waals surface area contributed by atoms with Crippen LogP contribution < -0.4 is 10.6 Å². The average molecular weight is 449 g/mol. The number of hydrogen-bond donors (Lipinski definition) is 4. The van der Waals surface area contributed by atoms with Crippen LogP contribution in [0.4, 0.5) is 0 Å². The van der Waals surface area contributed by atoms with Crippen LogP contribution in [0.3, 0.4) is 0 Å². The Morgan fingerprint density at radius 3 is 2.53 bits per heavy atom. The first kappa shape index (κ1) is 20.0. The summed E-state index contributed by atoms with van der Waals surface area (Å²) < 4.78 is 0. The topological polar surface area (TPSA) is 81.4 Å². The van der Waals surface area contributed by atoms with E-state index in [1.165, 1.54) is 30.0 Å². The average Bonchev–Trinajstić information content (AvgIpc) is 3.41. The van der Waals surface area contributed by atoms with Gasteiger partial charge in [-0.3, -0.25) is 0 Å². The van der Waals surface area contributed by atoms with E-state index in [0.717, 1.165) is 46.5 Å². The third-order valence-corrected chi connectivity index (χ3v) is 7.59. The van der Waals surface area contributed by atoms with Gasteiger partial charge in [-0.1, -0.05) is 24.1 Å². The van der Waals surface area contributed by atoms with Gasteiger partial charge in [0.05, 0.1) is 30.2 Å². The summed E-state index contributed by atoms with van der Waals surface area (Å²) in [6.07, 6.45) is 8.64. The summed E-state index contributed by atoms with van der Waals surface area (Å²) in [6.45, 7) is 2.23. The highest BCUT2D eigenvalue weighted by Gasteiger charge is 2.46. The molecule has 170 valence electrons. The van der Waals surface area contributed by atoms with Crippen LogP contribution in [0.5, 0.6) is 0 Å². The number of imidazole rings is 2. The minimum Gasteiger partial charge on any atom is -0.341 e. The van der Waals surface area contributed by atoms with Crippen molar-refractivity contribution in [2.45, 2.75) is 56.8 Å². The van der Waals surface area contributed by atoms with Crippen LogP contribution in [0.15, 0.2) is 48.8 Å². The van der Waals surface area contributed by atoms with E-state index in [1.807, 2.05) is 12.4 Å². The molecule has 2 saturated heterocycles. The van der Waals surface area contributed by atoms with Crippen molar-refractivity contribution in [3.05, 3.63) is 71.7 Å². The Hall–Kier alpha value is -3.40. The molecule has 34 heavy (non-hydrogen) atoms. The molecule has 5 atom stereocenters. The highest BCUT2D eigenvalue weighted by atomic mass is 15.1. The van der Waals surface area contributed by atoms with E-state index in [4.69, 9.17) is 0 Å². The molecule has 1 saturated carbocycles. The largest absolute Gasteiger partial charge is 0.341 e. The molecular weight excluding hydrogens is 420 g/mol. The van der Waals surface area contributed by atoms with Gasteiger partial charge < -0.3 is 20.6 Å². The molecule has 7 rings (SSSR count). The number of rotatable bonds is 3. The van der Waals surface area contributed by atoms with Crippen LogP contribution in [0.1, 0.15) is 67.6 Å². The lowest BCUT2D eigenvalue weighted by Crippen LogP contribution is -2.21. The Morgan fingerprint density at radius 2 is 1.68 bits per heavy atom. The molecule has 6 nitrogen and oxygen atoms in total. The molecule has 0 radical (unpaired) electrons. The Morgan fingerprint density at radius 1 is 0.824 bits per heavy atom. The predicted octanol–water partition coefficient (Wildman–Crippen LogP) is 4.59. The molecule has 3 fully saturated rings. The van der Waals surface area contributed by atoms with Gasteiger partial charge in [0.2, 0.25) is 0 Å². The van der Waals surface area contributed by atoms with Crippen LogP contribution in [-0.2, 0) is 0 Å². The van der Waals surface area contributed by atoms with E-state index in [-0.39, 0.29) is 0 Å². The molecule has 4 aromatic rings. The molecule has 2 aliphatic heterocycles. The molecular formula is C28H28N6. The Bertz CT molecular complexity index is 1430. The third-order valence-electron chi connectivity index (χ3n) is 7.59. The van der Waals surface area contributed by atoms with Gasteiger partial charge in [0, 0.05) is 23.2 Å².